The number of rotatable bonds is 6. The fourth-order valence-electron chi connectivity index (χ4n) is 2.47. The fraction of sp³-hybridized carbons (Fsp3) is 0.222. The number of carbonyl (C=O) groups excluding carboxylic acids is 1. The SMILES string of the molecule is CC(=O)N(C)c1ccc(Cl)cc1C(=NCCO)c1ccccc1[N+](=O)[O-]. The Hall–Kier alpha value is -2.77. The molecule has 0 bridgehead atoms. The number of aliphatic imine (C=N–C) groups is 1. The highest BCUT2D eigenvalue weighted by molar-refractivity contribution is 6.31. The van der Waals surface area contributed by atoms with Gasteiger partial charge < -0.3 is 10.0 Å². The summed E-state index contributed by atoms with van der Waals surface area (Å²) in [4.78, 5) is 28.5. The van der Waals surface area contributed by atoms with Gasteiger partial charge in [0.1, 0.15) is 0 Å². The van der Waals surface area contributed by atoms with Crippen molar-refractivity contribution in [1.82, 2.24) is 0 Å². The van der Waals surface area contributed by atoms with Gasteiger partial charge in [0.2, 0.25) is 5.91 Å². The van der Waals surface area contributed by atoms with Crippen molar-refractivity contribution in [2.75, 3.05) is 25.1 Å². The maximum Gasteiger partial charge on any atom is 0.278 e. The molecule has 0 unspecified atom stereocenters. The van der Waals surface area contributed by atoms with Crippen LogP contribution in [0.5, 0.6) is 0 Å². The van der Waals surface area contributed by atoms with Crippen molar-refractivity contribution in [3.63, 3.8) is 0 Å². The van der Waals surface area contributed by atoms with Gasteiger partial charge in [0.15, 0.2) is 0 Å². The van der Waals surface area contributed by atoms with Gasteiger partial charge in [-0.1, -0.05) is 23.7 Å². The summed E-state index contributed by atoms with van der Waals surface area (Å²) < 4.78 is 0. The second-order valence-corrected chi connectivity index (χ2v) is 5.90. The monoisotopic (exact) mass is 375 g/mol. The van der Waals surface area contributed by atoms with Crippen molar-refractivity contribution in [3.05, 3.63) is 68.7 Å². The lowest BCUT2D eigenvalue weighted by Crippen LogP contribution is -2.25. The van der Waals surface area contributed by atoms with Crippen LogP contribution in [0.1, 0.15) is 18.1 Å². The number of amides is 1. The second kappa shape index (κ2) is 8.55. The number of aliphatic hydroxyl groups is 1. The lowest BCUT2D eigenvalue weighted by molar-refractivity contribution is -0.385. The Morgan fingerprint density at radius 3 is 2.58 bits per heavy atom. The molecule has 0 atom stereocenters. The van der Waals surface area contributed by atoms with Crippen molar-refractivity contribution in [2.24, 2.45) is 4.99 Å². The average Bonchev–Trinajstić information content (AvgIpc) is 2.62. The Balaban J connectivity index is 2.76. The van der Waals surface area contributed by atoms with E-state index >= 15 is 0 Å². The first-order valence-corrected chi connectivity index (χ1v) is 8.18. The van der Waals surface area contributed by atoms with E-state index in [1.807, 2.05) is 0 Å². The first-order chi connectivity index (χ1) is 12.4. The highest BCUT2D eigenvalue weighted by Crippen LogP contribution is 2.30. The molecule has 0 aliphatic rings. The van der Waals surface area contributed by atoms with E-state index in [0.717, 1.165) is 0 Å². The molecular weight excluding hydrogens is 358 g/mol. The normalized spacial score (nSPS) is 11.3. The summed E-state index contributed by atoms with van der Waals surface area (Å²) in [5.74, 6) is -0.211. The van der Waals surface area contributed by atoms with Crippen LogP contribution in [-0.2, 0) is 4.79 Å². The number of carbonyl (C=O) groups is 1. The molecule has 0 aliphatic heterocycles. The van der Waals surface area contributed by atoms with Gasteiger partial charge in [-0.25, -0.2) is 0 Å². The minimum absolute atomic E-state index is 0.0527. The van der Waals surface area contributed by atoms with Gasteiger partial charge in [-0.2, -0.15) is 0 Å². The standard InChI is InChI=1S/C18H18ClN3O4/c1-12(24)21(2)16-8-7-13(19)11-15(16)18(20-9-10-23)14-5-3-4-6-17(14)22(25)26/h3-8,11,23H,9-10H2,1-2H3. The largest absolute Gasteiger partial charge is 0.394 e. The first-order valence-electron chi connectivity index (χ1n) is 7.80. The molecule has 2 rings (SSSR count). The van der Waals surface area contributed by atoms with Gasteiger partial charge in [-0.05, 0) is 24.3 Å². The van der Waals surface area contributed by atoms with Crippen molar-refractivity contribution >= 4 is 34.6 Å². The van der Waals surface area contributed by atoms with E-state index in [-0.39, 0.29) is 36.0 Å². The maximum absolute atomic E-state index is 11.8. The molecular formula is C18H18ClN3O4. The molecule has 0 radical (unpaired) electrons. The summed E-state index contributed by atoms with van der Waals surface area (Å²) in [6, 6.07) is 11.1. The quantitative estimate of drug-likeness (QED) is 0.476. The van der Waals surface area contributed by atoms with E-state index in [9.17, 15) is 20.0 Å². The van der Waals surface area contributed by atoms with Gasteiger partial charge in [0, 0.05) is 30.6 Å². The van der Waals surface area contributed by atoms with Crippen LogP contribution in [0.25, 0.3) is 0 Å². The van der Waals surface area contributed by atoms with Crippen LogP contribution in [-0.4, -0.2) is 41.8 Å². The summed E-state index contributed by atoms with van der Waals surface area (Å²) in [6.07, 6.45) is 0. The number of aliphatic hydroxyl groups excluding tert-OH is 1. The predicted octanol–water partition coefficient (Wildman–Crippen LogP) is 3.06. The number of para-hydroxylation sites is 1. The molecule has 8 heteroatoms. The number of anilines is 1. The molecule has 2 aromatic rings. The Morgan fingerprint density at radius 2 is 1.96 bits per heavy atom. The van der Waals surface area contributed by atoms with Crippen molar-refractivity contribution in [1.29, 1.82) is 0 Å². The minimum Gasteiger partial charge on any atom is -0.394 e. The topological polar surface area (TPSA) is 96.0 Å². The van der Waals surface area contributed by atoms with E-state index in [4.69, 9.17) is 11.6 Å². The predicted molar refractivity (Wildman–Crippen MR) is 101 cm³/mol. The molecule has 0 aliphatic carbocycles. The van der Waals surface area contributed by atoms with E-state index < -0.39 is 4.92 Å². The Bertz CT molecular complexity index is 867. The number of nitro benzene ring substituents is 1. The molecule has 1 N–H and O–H groups in total. The van der Waals surface area contributed by atoms with Gasteiger partial charge in [0.25, 0.3) is 5.69 Å². The van der Waals surface area contributed by atoms with Crippen molar-refractivity contribution in [2.45, 2.75) is 6.92 Å². The summed E-state index contributed by atoms with van der Waals surface area (Å²) >= 11 is 6.13. The molecule has 136 valence electrons. The lowest BCUT2D eigenvalue weighted by atomic mass is 9.98. The molecule has 0 spiro atoms. The van der Waals surface area contributed by atoms with E-state index in [1.165, 1.54) is 17.9 Å². The fourth-order valence-corrected chi connectivity index (χ4v) is 2.64. The molecule has 0 heterocycles. The Labute approximate surface area is 155 Å². The molecule has 0 aromatic heterocycles. The summed E-state index contributed by atoms with van der Waals surface area (Å²) in [6.45, 7) is 1.24. The number of hydrogen-bond donors (Lipinski definition) is 1. The van der Waals surface area contributed by atoms with Crippen LogP contribution in [0.4, 0.5) is 11.4 Å². The molecule has 26 heavy (non-hydrogen) atoms. The highest BCUT2D eigenvalue weighted by Gasteiger charge is 2.23. The lowest BCUT2D eigenvalue weighted by Gasteiger charge is -2.20. The van der Waals surface area contributed by atoms with E-state index in [0.29, 0.717) is 16.3 Å². The van der Waals surface area contributed by atoms with E-state index in [2.05, 4.69) is 4.99 Å². The molecule has 1 amide bonds. The third-order valence-corrected chi connectivity index (χ3v) is 4.01. The maximum atomic E-state index is 11.8. The Morgan fingerprint density at radius 1 is 1.27 bits per heavy atom. The molecule has 0 fully saturated rings. The van der Waals surface area contributed by atoms with Gasteiger partial charge in [-0.3, -0.25) is 19.9 Å². The number of hydrogen-bond acceptors (Lipinski definition) is 5. The van der Waals surface area contributed by atoms with Crippen LogP contribution < -0.4 is 4.90 Å². The van der Waals surface area contributed by atoms with E-state index in [1.54, 1.807) is 43.4 Å². The molecule has 0 saturated carbocycles. The third kappa shape index (κ3) is 4.25. The highest BCUT2D eigenvalue weighted by atomic mass is 35.5. The average molecular weight is 376 g/mol. The Kier molecular flexibility index (Phi) is 6.43. The van der Waals surface area contributed by atoms with Crippen LogP contribution in [0, 0.1) is 10.1 Å². The molecule has 2 aromatic carbocycles. The second-order valence-electron chi connectivity index (χ2n) is 5.47. The van der Waals surface area contributed by atoms with Crippen LogP contribution in [0.3, 0.4) is 0 Å². The van der Waals surface area contributed by atoms with Gasteiger partial charge in [-0.15, -0.1) is 0 Å². The minimum atomic E-state index is -0.497. The van der Waals surface area contributed by atoms with Crippen LogP contribution in [0.2, 0.25) is 5.02 Å². The summed E-state index contributed by atoms with van der Waals surface area (Å²) in [5.41, 5.74) is 1.43. The summed E-state index contributed by atoms with van der Waals surface area (Å²) in [7, 11) is 1.60. The number of nitrogens with zero attached hydrogens (tertiary/aromatic N) is 3. The number of benzene rings is 2. The molecule has 7 nitrogen and oxygen atoms in total. The summed E-state index contributed by atoms with van der Waals surface area (Å²) in [5, 5.41) is 21.0. The molecule has 0 saturated heterocycles. The van der Waals surface area contributed by atoms with Crippen LogP contribution >= 0.6 is 11.6 Å². The van der Waals surface area contributed by atoms with Crippen molar-refractivity contribution < 1.29 is 14.8 Å². The zero-order valence-corrected chi connectivity index (χ0v) is 15.1. The van der Waals surface area contributed by atoms with Gasteiger partial charge >= 0.3 is 0 Å². The number of nitro groups is 1. The van der Waals surface area contributed by atoms with Crippen molar-refractivity contribution in [3.8, 4) is 0 Å². The number of halogens is 1. The van der Waals surface area contributed by atoms with Gasteiger partial charge in [0.05, 0.1) is 35.0 Å². The first kappa shape index (κ1) is 19.6. The smallest absolute Gasteiger partial charge is 0.278 e. The zero-order chi connectivity index (χ0) is 19.3. The third-order valence-electron chi connectivity index (χ3n) is 3.77. The zero-order valence-electron chi connectivity index (χ0n) is 14.3. The van der Waals surface area contributed by atoms with Crippen LogP contribution in [0.15, 0.2) is 47.5 Å².